The first-order valence-corrected chi connectivity index (χ1v) is 7.92. The number of aryl methyl sites for hydroxylation is 2. The topological polar surface area (TPSA) is 99.0 Å². The summed E-state index contributed by atoms with van der Waals surface area (Å²) in [5.74, 6) is -0.291. The van der Waals surface area contributed by atoms with Gasteiger partial charge in [0.2, 0.25) is 0 Å². The fraction of sp³-hybridized carbons (Fsp3) is 0.133. The third-order valence-electron chi connectivity index (χ3n) is 3.02. The summed E-state index contributed by atoms with van der Waals surface area (Å²) in [4.78, 5) is 2.25. The normalized spacial score (nSPS) is 11.7. The van der Waals surface area contributed by atoms with Gasteiger partial charge >= 0.3 is 0 Å². The molecule has 0 radical (unpaired) electrons. The minimum absolute atomic E-state index is 0.0920. The van der Waals surface area contributed by atoms with Gasteiger partial charge in [0.25, 0.3) is 10.0 Å². The molecular formula is C15H16N2O4S. The number of hydrogen-bond donors (Lipinski definition) is 3. The molecule has 2 rings (SSSR count). The fourth-order valence-electron chi connectivity index (χ4n) is 1.85. The molecule has 22 heavy (non-hydrogen) atoms. The third-order valence-corrected chi connectivity index (χ3v) is 4.39. The van der Waals surface area contributed by atoms with Gasteiger partial charge in [-0.05, 0) is 43.2 Å². The summed E-state index contributed by atoms with van der Waals surface area (Å²) in [6, 6.07) is 9.03. The molecule has 0 amide bonds. The second-order valence-corrected chi connectivity index (χ2v) is 6.49. The van der Waals surface area contributed by atoms with E-state index in [0.29, 0.717) is 5.56 Å². The number of hydrogen-bond acceptors (Lipinski definition) is 5. The van der Waals surface area contributed by atoms with Crippen LogP contribution in [-0.4, -0.2) is 24.8 Å². The highest BCUT2D eigenvalue weighted by atomic mass is 32.2. The van der Waals surface area contributed by atoms with Crippen LogP contribution in [0, 0.1) is 13.8 Å². The van der Waals surface area contributed by atoms with E-state index in [0.717, 1.165) is 17.8 Å². The van der Waals surface area contributed by atoms with E-state index in [1.165, 1.54) is 12.1 Å². The van der Waals surface area contributed by atoms with E-state index >= 15 is 0 Å². The SMILES string of the molecule is Cc1ccc(C)c(S(=O)(=O)N/N=C/c2ccc(O)cc2O)c1. The van der Waals surface area contributed by atoms with Crippen LogP contribution in [0.2, 0.25) is 0 Å². The Kier molecular flexibility index (Phi) is 4.37. The molecule has 0 aliphatic heterocycles. The maximum atomic E-state index is 12.2. The van der Waals surface area contributed by atoms with Crippen molar-refractivity contribution in [1.29, 1.82) is 0 Å². The highest BCUT2D eigenvalue weighted by Gasteiger charge is 2.15. The molecule has 0 unspecified atom stereocenters. The minimum atomic E-state index is -3.78. The first-order valence-electron chi connectivity index (χ1n) is 6.44. The van der Waals surface area contributed by atoms with Crippen molar-refractivity contribution in [2.75, 3.05) is 0 Å². The first kappa shape index (κ1) is 15.8. The monoisotopic (exact) mass is 320 g/mol. The van der Waals surface area contributed by atoms with Crippen molar-refractivity contribution in [3.63, 3.8) is 0 Å². The van der Waals surface area contributed by atoms with E-state index in [4.69, 9.17) is 0 Å². The zero-order valence-corrected chi connectivity index (χ0v) is 12.9. The number of aromatic hydroxyl groups is 2. The van der Waals surface area contributed by atoms with Crippen molar-refractivity contribution in [2.24, 2.45) is 5.10 Å². The molecule has 0 aliphatic rings. The molecule has 3 N–H and O–H groups in total. The lowest BCUT2D eigenvalue weighted by molar-refractivity contribution is 0.450. The zero-order chi connectivity index (χ0) is 16.3. The van der Waals surface area contributed by atoms with Crippen LogP contribution < -0.4 is 4.83 Å². The minimum Gasteiger partial charge on any atom is -0.508 e. The standard InChI is InChI=1S/C15H16N2O4S/c1-10-3-4-11(2)15(7-10)22(20,21)17-16-9-12-5-6-13(18)8-14(12)19/h3-9,17-19H,1-2H3/b16-9+. The molecule has 0 heterocycles. The van der Waals surface area contributed by atoms with Gasteiger partial charge in [0, 0.05) is 11.6 Å². The second kappa shape index (κ2) is 6.07. The highest BCUT2D eigenvalue weighted by Crippen LogP contribution is 2.21. The van der Waals surface area contributed by atoms with Crippen LogP contribution in [0.3, 0.4) is 0 Å². The van der Waals surface area contributed by atoms with Crippen LogP contribution in [-0.2, 0) is 10.0 Å². The Morgan fingerprint density at radius 2 is 1.82 bits per heavy atom. The molecule has 0 aliphatic carbocycles. The van der Waals surface area contributed by atoms with Crippen LogP contribution in [0.25, 0.3) is 0 Å². The van der Waals surface area contributed by atoms with Gasteiger partial charge in [-0.1, -0.05) is 12.1 Å². The van der Waals surface area contributed by atoms with Crippen molar-refractivity contribution in [1.82, 2.24) is 4.83 Å². The molecule has 6 nitrogen and oxygen atoms in total. The van der Waals surface area contributed by atoms with E-state index in [-0.39, 0.29) is 22.0 Å². The van der Waals surface area contributed by atoms with E-state index in [2.05, 4.69) is 9.93 Å². The fourth-order valence-corrected chi connectivity index (χ4v) is 2.98. The van der Waals surface area contributed by atoms with E-state index in [9.17, 15) is 18.6 Å². The number of sulfonamides is 1. The predicted molar refractivity (Wildman–Crippen MR) is 83.6 cm³/mol. The predicted octanol–water partition coefficient (Wildman–Crippen LogP) is 2.03. The van der Waals surface area contributed by atoms with Crippen molar-refractivity contribution < 1.29 is 18.6 Å². The van der Waals surface area contributed by atoms with Gasteiger partial charge in [0.1, 0.15) is 11.5 Å². The van der Waals surface area contributed by atoms with Crippen LogP contribution in [0.1, 0.15) is 16.7 Å². The van der Waals surface area contributed by atoms with Gasteiger partial charge in [-0.25, -0.2) is 4.83 Å². The van der Waals surface area contributed by atoms with Gasteiger partial charge < -0.3 is 10.2 Å². The second-order valence-electron chi connectivity index (χ2n) is 4.86. The van der Waals surface area contributed by atoms with E-state index in [1.54, 1.807) is 26.0 Å². The lowest BCUT2D eigenvalue weighted by atomic mass is 10.2. The number of nitrogens with one attached hydrogen (secondary N) is 1. The molecule has 0 bridgehead atoms. The van der Waals surface area contributed by atoms with E-state index in [1.807, 2.05) is 6.07 Å². The molecule has 2 aromatic carbocycles. The smallest absolute Gasteiger partial charge is 0.276 e. The molecule has 0 spiro atoms. The molecule has 116 valence electrons. The largest absolute Gasteiger partial charge is 0.508 e. The van der Waals surface area contributed by atoms with Crippen LogP contribution in [0.4, 0.5) is 0 Å². The summed E-state index contributed by atoms with van der Waals surface area (Å²) in [6.07, 6.45) is 1.16. The number of hydrazone groups is 1. The van der Waals surface area contributed by atoms with Crippen molar-refractivity contribution in [2.45, 2.75) is 18.7 Å². The van der Waals surface area contributed by atoms with Crippen LogP contribution >= 0.6 is 0 Å². The summed E-state index contributed by atoms with van der Waals surface area (Å²) in [6.45, 7) is 3.50. The van der Waals surface area contributed by atoms with Crippen LogP contribution in [0.5, 0.6) is 11.5 Å². The Morgan fingerprint density at radius 3 is 2.50 bits per heavy atom. The van der Waals surface area contributed by atoms with Crippen molar-refractivity contribution >= 4 is 16.2 Å². The maximum Gasteiger partial charge on any atom is 0.276 e. The Hall–Kier alpha value is -2.54. The van der Waals surface area contributed by atoms with E-state index < -0.39 is 10.0 Å². The summed E-state index contributed by atoms with van der Waals surface area (Å²) < 4.78 is 24.4. The van der Waals surface area contributed by atoms with Crippen molar-refractivity contribution in [3.8, 4) is 11.5 Å². The lowest BCUT2D eigenvalue weighted by Gasteiger charge is -2.07. The number of benzene rings is 2. The number of phenols is 2. The van der Waals surface area contributed by atoms with Crippen LogP contribution in [0.15, 0.2) is 46.4 Å². The summed E-state index contributed by atoms with van der Waals surface area (Å²) in [5, 5.41) is 22.4. The Labute approximate surface area is 128 Å². The third kappa shape index (κ3) is 3.56. The van der Waals surface area contributed by atoms with Crippen molar-refractivity contribution in [3.05, 3.63) is 53.1 Å². The number of rotatable bonds is 4. The molecule has 0 atom stereocenters. The highest BCUT2D eigenvalue weighted by molar-refractivity contribution is 7.89. The van der Waals surface area contributed by atoms with Gasteiger partial charge in [0.05, 0.1) is 11.1 Å². The van der Waals surface area contributed by atoms with Gasteiger partial charge in [-0.15, -0.1) is 0 Å². The Bertz CT molecular complexity index is 829. The summed E-state index contributed by atoms with van der Waals surface area (Å²) in [7, 11) is -3.78. The summed E-state index contributed by atoms with van der Waals surface area (Å²) in [5.41, 5.74) is 1.72. The molecular weight excluding hydrogens is 304 g/mol. The first-order chi connectivity index (χ1) is 10.3. The lowest BCUT2D eigenvalue weighted by Crippen LogP contribution is -2.19. The molecule has 7 heteroatoms. The Balaban J connectivity index is 2.22. The van der Waals surface area contributed by atoms with Gasteiger partial charge in [0.15, 0.2) is 0 Å². The molecule has 0 aromatic heterocycles. The molecule has 0 fully saturated rings. The average Bonchev–Trinajstić information content (AvgIpc) is 2.44. The van der Waals surface area contributed by atoms with Gasteiger partial charge in [-0.3, -0.25) is 0 Å². The number of phenolic OH excluding ortho intramolecular Hbond substituents is 2. The Morgan fingerprint density at radius 1 is 1.09 bits per heavy atom. The molecule has 0 saturated heterocycles. The maximum absolute atomic E-state index is 12.2. The zero-order valence-electron chi connectivity index (χ0n) is 12.1. The summed E-state index contributed by atoms with van der Waals surface area (Å²) >= 11 is 0. The van der Waals surface area contributed by atoms with Gasteiger partial charge in [-0.2, -0.15) is 13.5 Å². The molecule has 2 aromatic rings. The quantitative estimate of drug-likeness (QED) is 0.593. The molecule has 0 saturated carbocycles. The number of nitrogens with zero attached hydrogens (tertiary/aromatic N) is 1. The average molecular weight is 320 g/mol.